The Kier molecular flexibility index (Phi) is 3.31. The Morgan fingerprint density at radius 3 is 3.00 bits per heavy atom. The molecule has 0 spiro atoms. The van der Waals surface area contributed by atoms with Crippen LogP contribution >= 0.6 is 0 Å². The van der Waals surface area contributed by atoms with Gasteiger partial charge >= 0.3 is 5.76 Å². The normalized spacial score (nSPS) is 13.1. The Morgan fingerprint density at radius 1 is 1.53 bits per heavy atom. The summed E-state index contributed by atoms with van der Waals surface area (Å²) in [5.74, 6) is -0.387. The summed E-state index contributed by atoms with van der Waals surface area (Å²) in [7, 11) is 3.49. The minimum Gasteiger partial charge on any atom is -0.408 e. The van der Waals surface area contributed by atoms with Crippen molar-refractivity contribution in [3.05, 3.63) is 34.3 Å². The second kappa shape index (κ2) is 4.73. The highest BCUT2D eigenvalue weighted by Crippen LogP contribution is 2.21. The largest absolute Gasteiger partial charge is 0.419 e. The number of oxazole rings is 1. The molecule has 1 atom stereocenters. The molecule has 2 N–H and O–H groups in total. The maximum absolute atomic E-state index is 11.3. The van der Waals surface area contributed by atoms with Gasteiger partial charge in [-0.1, -0.05) is 6.07 Å². The Morgan fingerprint density at radius 2 is 2.29 bits per heavy atom. The number of aliphatic hydroxyl groups excluding tert-OH is 1. The van der Waals surface area contributed by atoms with Crippen molar-refractivity contribution in [3.63, 3.8) is 0 Å². The van der Waals surface area contributed by atoms with Crippen LogP contribution in [0.1, 0.15) is 18.1 Å². The summed E-state index contributed by atoms with van der Waals surface area (Å²) in [5.41, 5.74) is 2.04. The molecule has 2 rings (SSSR count). The molecule has 0 bridgehead atoms. The summed E-state index contributed by atoms with van der Waals surface area (Å²) in [6, 6.07) is 5.29. The summed E-state index contributed by atoms with van der Waals surface area (Å²) in [6.07, 6.45) is 0.102. The first-order chi connectivity index (χ1) is 8.13. The van der Waals surface area contributed by atoms with E-state index in [0.717, 1.165) is 12.1 Å². The molecule has 1 aromatic carbocycles. The molecule has 0 aliphatic rings. The summed E-state index contributed by atoms with van der Waals surface area (Å²) in [5, 5.41) is 12.9. The number of aryl methyl sites for hydroxylation is 1. The highest BCUT2D eigenvalue weighted by Gasteiger charge is 2.11. The molecule has 5 nitrogen and oxygen atoms in total. The van der Waals surface area contributed by atoms with Crippen LogP contribution in [0.25, 0.3) is 11.1 Å². The molecule has 0 radical (unpaired) electrons. The van der Waals surface area contributed by atoms with E-state index in [4.69, 9.17) is 4.42 Å². The van der Waals surface area contributed by atoms with Gasteiger partial charge in [0.1, 0.15) is 0 Å². The predicted molar refractivity (Wildman–Crippen MR) is 65.0 cm³/mol. The van der Waals surface area contributed by atoms with E-state index < -0.39 is 6.10 Å². The standard InChI is InChI=1S/C12H16N2O3/c1-13-6-5-10(15)8-3-4-11-9(7-8)14(2)12(16)17-11/h3-4,7,10,13,15H,5-6H2,1-2H3. The number of aromatic nitrogens is 1. The van der Waals surface area contributed by atoms with E-state index in [1.165, 1.54) is 4.57 Å². The van der Waals surface area contributed by atoms with Gasteiger partial charge in [-0.25, -0.2) is 4.79 Å². The van der Waals surface area contributed by atoms with Crippen LogP contribution in [0.15, 0.2) is 27.4 Å². The van der Waals surface area contributed by atoms with Crippen LogP contribution in [0.4, 0.5) is 0 Å². The third kappa shape index (κ3) is 2.25. The molecule has 2 aromatic rings. The predicted octanol–water partition coefficient (Wildman–Crippen LogP) is 0.774. The summed E-state index contributed by atoms with van der Waals surface area (Å²) in [6.45, 7) is 0.740. The van der Waals surface area contributed by atoms with Crippen molar-refractivity contribution >= 4 is 11.1 Å². The van der Waals surface area contributed by atoms with E-state index in [0.29, 0.717) is 17.5 Å². The molecule has 0 saturated heterocycles. The second-order valence-corrected chi connectivity index (χ2v) is 4.06. The van der Waals surface area contributed by atoms with Crippen LogP contribution in [-0.2, 0) is 7.05 Å². The Bertz CT molecular complexity index is 571. The van der Waals surface area contributed by atoms with Crippen molar-refractivity contribution in [1.82, 2.24) is 9.88 Å². The molecule has 0 aliphatic heterocycles. The average molecular weight is 236 g/mol. The van der Waals surface area contributed by atoms with Crippen LogP contribution in [0, 0.1) is 0 Å². The zero-order chi connectivity index (χ0) is 12.4. The number of hydrogen-bond donors (Lipinski definition) is 2. The van der Waals surface area contributed by atoms with E-state index in [-0.39, 0.29) is 5.76 Å². The second-order valence-electron chi connectivity index (χ2n) is 4.06. The van der Waals surface area contributed by atoms with Gasteiger partial charge in [-0.05, 0) is 37.7 Å². The minimum absolute atomic E-state index is 0.387. The van der Waals surface area contributed by atoms with Gasteiger partial charge in [0.2, 0.25) is 0 Å². The fourth-order valence-electron chi connectivity index (χ4n) is 1.80. The van der Waals surface area contributed by atoms with Gasteiger partial charge in [0.25, 0.3) is 0 Å². The Labute approximate surface area is 98.7 Å². The van der Waals surface area contributed by atoms with Crippen LogP contribution in [0.5, 0.6) is 0 Å². The molecular weight excluding hydrogens is 220 g/mol. The molecule has 0 amide bonds. The van der Waals surface area contributed by atoms with Gasteiger partial charge < -0.3 is 14.8 Å². The van der Waals surface area contributed by atoms with Crippen molar-refractivity contribution in [2.24, 2.45) is 7.05 Å². The molecule has 0 fully saturated rings. The van der Waals surface area contributed by atoms with E-state index in [9.17, 15) is 9.90 Å². The number of aliphatic hydroxyl groups is 1. The van der Waals surface area contributed by atoms with Crippen LogP contribution in [0.3, 0.4) is 0 Å². The van der Waals surface area contributed by atoms with Crippen LogP contribution < -0.4 is 11.1 Å². The average Bonchev–Trinajstić information content (AvgIpc) is 2.62. The van der Waals surface area contributed by atoms with Crippen molar-refractivity contribution < 1.29 is 9.52 Å². The minimum atomic E-state index is -0.531. The van der Waals surface area contributed by atoms with Crippen LogP contribution in [0.2, 0.25) is 0 Å². The van der Waals surface area contributed by atoms with Crippen molar-refractivity contribution in [2.45, 2.75) is 12.5 Å². The number of hydrogen-bond acceptors (Lipinski definition) is 4. The third-order valence-corrected chi connectivity index (χ3v) is 2.87. The summed E-state index contributed by atoms with van der Waals surface area (Å²) >= 11 is 0. The van der Waals surface area contributed by atoms with Crippen molar-refractivity contribution in [1.29, 1.82) is 0 Å². The third-order valence-electron chi connectivity index (χ3n) is 2.87. The fourth-order valence-corrected chi connectivity index (χ4v) is 1.80. The molecule has 0 saturated carbocycles. The number of nitrogens with one attached hydrogen (secondary N) is 1. The van der Waals surface area contributed by atoms with Gasteiger partial charge in [0.15, 0.2) is 5.58 Å². The highest BCUT2D eigenvalue weighted by atomic mass is 16.4. The topological polar surface area (TPSA) is 67.4 Å². The lowest BCUT2D eigenvalue weighted by Crippen LogP contribution is -2.12. The van der Waals surface area contributed by atoms with Gasteiger partial charge in [0, 0.05) is 7.05 Å². The fraction of sp³-hybridized carbons (Fsp3) is 0.417. The lowest BCUT2D eigenvalue weighted by atomic mass is 10.1. The zero-order valence-electron chi connectivity index (χ0n) is 9.93. The molecule has 1 aromatic heterocycles. The molecule has 1 heterocycles. The van der Waals surface area contributed by atoms with Crippen molar-refractivity contribution in [2.75, 3.05) is 13.6 Å². The number of nitrogens with zero attached hydrogens (tertiary/aromatic N) is 1. The monoisotopic (exact) mass is 236 g/mol. The zero-order valence-corrected chi connectivity index (χ0v) is 9.93. The highest BCUT2D eigenvalue weighted by molar-refractivity contribution is 5.73. The van der Waals surface area contributed by atoms with E-state index in [2.05, 4.69) is 5.32 Å². The SMILES string of the molecule is CNCCC(O)c1ccc2oc(=O)n(C)c2c1. The van der Waals surface area contributed by atoms with Gasteiger partial charge in [0.05, 0.1) is 11.6 Å². The molecule has 5 heteroatoms. The lowest BCUT2D eigenvalue weighted by Gasteiger charge is -2.10. The molecular formula is C12H16N2O3. The maximum atomic E-state index is 11.3. The number of rotatable bonds is 4. The molecule has 1 unspecified atom stereocenters. The Hall–Kier alpha value is -1.59. The smallest absolute Gasteiger partial charge is 0.408 e. The lowest BCUT2D eigenvalue weighted by molar-refractivity contribution is 0.168. The van der Waals surface area contributed by atoms with Crippen molar-refractivity contribution in [3.8, 4) is 0 Å². The molecule has 17 heavy (non-hydrogen) atoms. The quantitative estimate of drug-likeness (QED) is 0.823. The summed E-state index contributed by atoms with van der Waals surface area (Å²) < 4.78 is 6.46. The molecule has 0 aliphatic carbocycles. The van der Waals surface area contributed by atoms with E-state index in [1.807, 2.05) is 7.05 Å². The first-order valence-electron chi connectivity index (χ1n) is 5.55. The number of fused-ring (bicyclic) bond motifs is 1. The van der Waals surface area contributed by atoms with Gasteiger partial charge in [-0.15, -0.1) is 0 Å². The summed E-state index contributed by atoms with van der Waals surface area (Å²) in [4.78, 5) is 11.3. The number of benzene rings is 1. The van der Waals surface area contributed by atoms with E-state index in [1.54, 1.807) is 25.2 Å². The van der Waals surface area contributed by atoms with E-state index >= 15 is 0 Å². The Balaban J connectivity index is 2.36. The first kappa shape index (κ1) is 11.9. The molecule has 92 valence electrons. The maximum Gasteiger partial charge on any atom is 0.419 e. The van der Waals surface area contributed by atoms with Gasteiger partial charge in [-0.2, -0.15) is 0 Å². The van der Waals surface area contributed by atoms with Crippen LogP contribution in [-0.4, -0.2) is 23.3 Å². The first-order valence-corrected chi connectivity index (χ1v) is 5.55. The van der Waals surface area contributed by atoms with Gasteiger partial charge in [-0.3, -0.25) is 4.57 Å².